The van der Waals surface area contributed by atoms with Crippen molar-refractivity contribution in [1.82, 2.24) is 9.29 Å². The number of hydrogen-bond acceptors (Lipinski definition) is 6. The van der Waals surface area contributed by atoms with E-state index < -0.39 is 10.0 Å². The first-order valence-electron chi connectivity index (χ1n) is 10.8. The number of aromatic nitrogens is 1. The molecule has 0 aliphatic carbocycles. The molecular weight excluding hydrogens is 434 g/mol. The summed E-state index contributed by atoms with van der Waals surface area (Å²) in [5, 5.41) is 5.57. The molecule has 2 aliphatic rings. The Labute approximate surface area is 187 Å². The van der Waals surface area contributed by atoms with Crippen LogP contribution in [-0.4, -0.2) is 49.9 Å². The van der Waals surface area contributed by atoms with Crippen LogP contribution in [0.25, 0.3) is 0 Å². The fourth-order valence-electron chi connectivity index (χ4n) is 3.81. The zero-order chi connectivity index (χ0) is 22.0. The van der Waals surface area contributed by atoms with E-state index in [0.717, 1.165) is 37.3 Å². The lowest BCUT2D eigenvalue weighted by atomic mass is 9.84. The quantitative estimate of drug-likeness (QED) is 0.602. The van der Waals surface area contributed by atoms with Gasteiger partial charge in [0.05, 0.1) is 16.5 Å². The lowest BCUT2D eigenvalue weighted by Crippen LogP contribution is -2.26. The van der Waals surface area contributed by atoms with Gasteiger partial charge in [-0.2, -0.15) is 4.31 Å². The van der Waals surface area contributed by atoms with Gasteiger partial charge >= 0.3 is 0 Å². The highest BCUT2D eigenvalue weighted by atomic mass is 32.2. The molecule has 0 spiro atoms. The Morgan fingerprint density at radius 3 is 2.48 bits per heavy atom. The summed E-state index contributed by atoms with van der Waals surface area (Å²) in [6.07, 6.45) is 2.57. The summed E-state index contributed by atoms with van der Waals surface area (Å²) in [5.74, 6) is 0.231. The molecule has 1 aromatic carbocycles. The molecule has 7 nitrogen and oxygen atoms in total. The number of nitrogens with zero attached hydrogens (tertiary/aromatic N) is 2. The third kappa shape index (κ3) is 5.34. The minimum Gasteiger partial charge on any atom is -0.381 e. The number of carbonyl (C=O) groups excluding carboxylic acids is 1. The van der Waals surface area contributed by atoms with Gasteiger partial charge in [0.15, 0.2) is 5.13 Å². The number of rotatable bonds is 8. The minimum absolute atomic E-state index is 0.0994. The number of carbonyl (C=O) groups is 1. The molecule has 9 heteroatoms. The molecule has 1 atom stereocenters. The van der Waals surface area contributed by atoms with Crippen LogP contribution in [0.4, 0.5) is 5.13 Å². The molecule has 1 N–H and O–H groups in total. The molecule has 0 saturated carbocycles. The molecule has 2 fully saturated rings. The van der Waals surface area contributed by atoms with Crippen LogP contribution in [0.2, 0.25) is 0 Å². The second kappa shape index (κ2) is 9.36. The second-order valence-corrected chi connectivity index (χ2v) is 11.3. The Morgan fingerprint density at radius 2 is 1.90 bits per heavy atom. The van der Waals surface area contributed by atoms with E-state index in [9.17, 15) is 13.2 Å². The zero-order valence-corrected chi connectivity index (χ0v) is 19.5. The van der Waals surface area contributed by atoms with Crippen LogP contribution >= 0.6 is 11.3 Å². The Morgan fingerprint density at radius 1 is 1.23 bits per heavy atom. The van der Waals surface area contributed by atoms with Gasteiger partial charge in [-0.15, -0.1) is 11.3 Å². The van der Waals surface area contributed by atoms with Crippen LogP contribution in [-0.2, 0) is 19.6 Å². The fourth-order valence-corrected chi connectivity index (χ4v) is 6.03. The average molecular weight is 464 g/mol. The zero-order valence-electron chi connectivity index (χ0n) is 17.9. The third-order valence-electron chi connectivity index (χ3n) is 5.90. The molecule has 3 heterocycles. The van der Waals surface area contributed by atoms with E-state index in [1.165, 1.54) is 15.6 Å². The number of thiazole rings is 1. The third-order valence-corrected chi connectivity index (χ3v) is 8.59. The second-order valence-electron chi connectivity index (χ2n) is 8.54. The fraction of sp³-hybridized carbons (Fsp3) is 0.545. The molecule has 0 radical (unpaired) electrons. The molecule has 1 amide bonds. The van der Waals surface area contributed by atoms with Crippen molar-refractivity contribution < 1.29 is 17.9 Å². The van der Waals surface area contributed by atoms with Crippen LogP contribution in [0.3, 0.4) is 0 Å². The number of ether oxygens (including phenoxy) is 1. The number of anilines is 1. The SMILES string of the molecule is CC(C)c1csc(NC(=O)[C@H](CC2CCOCC2)c2ccc(S(=O)(=O)N3CC3)cc2)n1. The van der Waals surface area contributed by atoms with E-state index >= 15 is 0 Å². The summed E-state index contributed by atoms with van der Waals surface area (Å²) < 4.78 is 31.8. The summed E-state index contributed by atoms with van der Waals surface area (Å²) in [7, 11) is -3.40. The first-order chi connectivity index (χ1) is 14.8. The summed E-state index contributed by atoms with van der Waals surface area (Å²) >= 11 is 1.43. The monoisotopic (exact) mass is 463 g/mol. The normalized spacial score (nSPS) is 18.8. The first-order valence-corrected chi connectivity index (χ1v) is 13.1. The van der Waals surface area contributed by atoms with Crippen molar-refractivity contribution in [2.45, 2.75) is 49.8 Å². The van der Waals surface area contributed by atoms with E-state index in [-0.39, 0.29) is 16.7 Å². The molecule has 0 bridgehead atoms. The maximum atomic E-state index is 13.3. The Bertz CT molecular complexity index is 1010. The van der Waals surface area contributed by atoms with Gasteiger partial charge in [-0.3, -0.25) is 4.79 Å². The number of hydrogen-bond donors (Lipinski definition) is 1. The molecule has 2 aromatic rings. The predicted octanol–water partition coefficient (Wildman–Crippen LogP) is 3.81. The van der Waals surface area contributed by atoms with Gasteiger partial charge in [0.1, 0.15) is 0 Å². The maximum Gasteiger partial charge on any atom is 0.243 e. The first kappa shape index (κ1) is 22.4. The topological polar surface area (TPSA) is 88.4 Å². The molecule has 2 aliphatic heterocycles. The molecule has 1 aromatic heterocycles. The molecular formula is C22H29N3O4S2. The number of benzene rings is 1. The summed E-state index contributed by atoms with van der Waals surface area (Å²) in [5.41, 5.74) is 1.79. The van der Waals surface area contributed by atoms with Gasteiger partial charge in [-0.1, -0.05) is 26.0 Å². The van der Waals surface area contributed by atoms with Crippen molar-refractivity contribution in [3.8, 4) is 0 Å². The Balaban J connectivity index is 1.54. The van der Waals surface area contributed by atoms with Crippen molar-refractivity contribution in [2.75, 3.05) is 31.6 Å². The minimum atomic E-state index is -3.40. The van der Waals surface area contributed by atoms with E-state index in [4.69, 9.17) is 4.74 Å². The Hall–Kier alpha value is -1.81. The summed E-state index contributed by atoms with van der Waals surface area (Å²) in [4.78, 5) is 18.1. The molecule has 168 valence electrons. The molecule has 0 unspecified atom stereocenters. The molecule has 31 heavy (non-hydrogen) atoms. The number of sulfonamides is 1. The van der Waals surface area contributed by atoms with Gasteiger partial charge < -0.3 is 10.1 Å². The van der Waals surface area contributed by atoms with E-state index in [1.54, 1.807) is 24.3 Å². The van der Waals surface area contributed by atoms with Crippen molar-refractivity contribution in [1.29, 1.82) is 0 Å². The number of amides is 1. The highest BCUT2D eigenvalue weighted by molar-refractivity contribution is 7.89. The van der Waals surface area contributed by atoms with Crippen LogP contribution in [0.1, 0.15) is 56.2 Å². The maximum absolute atomic E-state index is 13.3. The smallest absolute Gasteiger partial charge is 0.243 e. The van der Waals surface area contributed by atoms with E-state index in [0.29, 0.717) is 36.5 Å². The lowest BCUT2D eigenvalue weighted by Gasteiger charge is -2.26. The van der Waals surface area contributed by atoms with Gasteiger partial charge in [0.2, 0.25) is 15.9 Å². The molecule has 2 saturated heterocycles. The van der Waals surface area contributed by atoms with E-state index in [1.807, 2.05) is 5.38 Å². The van der Waals surface area contributed by atoms with Gasteiger partial charge in [0, 0.05) is 31.7 Å². The van der Waals surface area contributed by atoms with Crippen molar-refractivity contribution in [3.05, 3.63) is 40.9 Å². The van der Waals surface area contributed by atoms with Crippen LogP contribution in [0, 0.1) is 5.92 Å². The van der Waals surface area contributed by atoms with Crippen molar-refractivity contribution in [2.24, 2.45) is 5.92 Å². The van der Waals surface area contributed by atoms with Crippen LogP contribution in [0.5, 0.6) is 0 Å². The van der Waals surface area contributed by atoms with Crippen LogP contribution in [0.15, 0.2) is 34.5 Å². The molecule has 4 rings (SSSR count). The summed E-state index contributed by atoms with van der Waals surface area (Å²) in [6.45, 7) is 6.73. The standard InChI is InChI=1S/C22H29N3O4S2/c1-15(2)20-14-30-22(23-20)24-21(26)19(13-16-7-11-29-12-8-16)17-3-5-18(6-4-17)31(27,28)25-9-10-25/h3-6,14-16,19H,7-13H2,1-2H3,(H,23,24,26)/t19-/m1/s1. The summed E-state index contributed by atoms with van der Waals surface area (Å²) in [6, 6.07) is 6.80. The highest BCUT2D eigenvalue weighted by Crippen LogP contribution is 2.32. The highest BCUT2D eigenvalue weighted by Gasteiger charge is 2.33. The lowest BCUT2D eigenvalue weighted by molar-refractivity contribution is -0.118. The van der Waals surface area contributed by atoms with Crippen molar-refractivity contribution in [3.63, 3.8) is 0 Å². The van der Waals surface area contributed by atoms with Crippen molar-refractivity contribution >= 4 is 32.4 Å². The predicted molar refractivity (Wildman–Crippen MR) is 121 cm³/mol. The van der Waals surface area contributed by atoms with Gasteiger partial charge in [0.25, 0.3) is 0 Å². The largest absolute Gasteiger partial charge is 0.381 e. The average Bonchev–Trinajstić information content (AvgIpc) is 3.53. The van der Waals surface area contributed by atoms with Gasteiger partial charge in [-0.25, -0.2) is 13.4 Å². The van der Waals surface area contributed by atoms with Gasteiger partial charge in [-0.05, 0) is 48.8 Å². The van der Waals surface area contributed by atoms with Crippen LogP contribution < -0.4 is 5.32 Å². The van der Waals surface area contributed by atoms with E-state index in [2.05, 4.69) is 24.1 Å². The number of nitrogens with one attached hydrogen (secondary N) is 1. The Kier molecular flexibility index (Phi) is 6.76.